The zero-order chi connectivity index (χ0) is 15.4. The summed E-state index contributed by atoms with van der Waals surface area (Å²) in [7, 11) is 0. The molecule has 0 radical (unpaired) electrons. The number of aromatic nitrogens is 3. The van der Waals surface area contributed by atoms with Crippen molar-refractivity contribution in [1.29, 1.82) is 0 Å². The second kappa shape index (κ2) is 6.70. The molecule has 0 spiro atoms. The molecule has 0 bridgehead atoms. The van der Waals surface area contributed by atoms with Gasteiger partial charge in [-0.05, 0) is 44.5 Å². The summed E-state index contributed by atoms with van der Waals surface area (Å²) in [5.41, 5.74) is 1.15. The third-order valence-electron chi connectivity index (χ3n) is 4.26. The fourth-order valence-electron chi connectivity index (χ4n) is 2.94. The van der Waals surface area contributed by atoms with Crippen LogP contribution in [0.15, 0.2) is 36.7 Å². The first-order valence-corrected chi connectivity index (χ1v) is 7.69. The standard InChI is InChI=1S/C16H21N5O/c1-12(16(22)19-15-6-2-3-8-17-15)21-10-4-5-13(11-21)14-7-9-18-20-14/h2-3,6-9,12-13H,4-5,10-11H2,1H3,(H,18,20)(H,17,19,22)/t12-,13?/m0/s1. The summed E-state index contributed by atoms with van der Waals surface area (Å²) in [4.78, 5) is 18.8. The summed E-state index contributed by atoms with van der Waals surface area (Å²) in [5, 5.41) is 9.95. The average molecular weight is 299 g/mol. The Morgan fingerprint density at radius 1 is 1.41 bits per heavy atom. The number of rotatable bonds is 4. The number of carbonyl (C=O) groups excluding carboxylic acids is 1. The molecule has 0 saturated carbocycles. The van der Waals surface area contributed by atoms with Crippen LogP contribution in [-0.2, 0) is 4.79 Å². The number of H-pyrrole nitrogens is 1. The molecule has 1 fully saturated rings. The van der Waals surface area contributed by atoms with E-state index in [-0.39, 0.29) is 11.9 Å². The van der Waals surface area contributed by atoms with E-state index in [2.05, 4.69) is 25.4 Å². The van der Waals surface area contributed by atoms with Gasteiger partial charge in [0.25, 0.3) is 0 Å². The molecule has 3 rings (SSSR count). The molecule has 22 heavy (non-hydrogen) atoms. The number of pyridine rings is 1. The van der Waals surface area contributed by atoms with E-state index in [0.29, 0.717) is 11.7 Å². The van der Waals surface area contributed by atoms with Crippen molar-refractivity contribution in [2.75, 3.05) is 18.4 Å². The summed E-state index contributed by atoms with van der Waals surface area (Å²) in [6, 6.07) is 7.34. The largest absolute Gasteiger partial charge is 0.309 e. The highest BCUT2D eigenvalue weighted by Gasteiger charge is 2.28. The van der Waals surface area contributed by atoms with Gasteiger partial charge in [0.15, 0.2) is 0 Å². The topological polar surface area (TPSA) is 73.9 Å². The number of hydrogen-bond acceptors (Lipinski definition) is 4. The molecule has 116 valence electrons. The van der Waals surface area contributed by atoms with Crippen LogP contribution in [0.5, 0.6) is 0 Å². The summed E-state index contributed by atoms with van der Waals surface area (Å²) in [5.74, 6) is 1.01. The summed E-state index contributed by atoms with van der Waals surface area (Å²) in [6.45, 7) is 3.77. The maximum Gasteiger partial charge on any atom is 0.242 e. The molecule has 6 nitrogen and oxygen atoms in total. The van der Waals surface area contributed by atoms with Crippen molar-refractivity contribution >= 4 is 11.7 Å². The van der Waals surface area contributed by atoms with Crippen LogP contribution in [0.25, 0.3) is 0 Å². The van der Waals surface area contributed by atoms with Gasteiger partial charge >= 0.3 is 0 Å². The number of likely N-dealkylation sites (tertiary alicyclic amines) is 1. The van der Waals surface area contributed by atoms with Crippen LogP contribution in [0.2, 0.25) is 0 Å². The van der Waals surface area contributed by atoms with Crippen molar-refractivity contribution in [1.82, 2.24) is 20.1 Å². The van der Waals surface area contributed by atoms with Crippen LogP contribution in [0.3, 0.4) is 0 Å². The molecule has 2 atom stereocenters. The van der Waals surface area contributed by atoms with E-state index in [9.17, 15) is 4.79 Å². The van der Waals surface area contributed by atoms with E-state index in [0.717, 1.165) is 31.6 Å². The van der Waals surface area contributed by atoms with Crippen molar-refractivity contribution in [2.45, 2.75) is 31.7 Å². The Hall–Kier alpha value is -2.21. The number of amides is 1. The number of nitrogens with zero attached hydrogens (tertiary/aromatic N) is 3. The Balaban J connectivity index is 1.61. The van der Waals surface area contributed by atoms with E-state index in [1.807, 2.05) is 25.1 Å². The van der Waals surface area contributed by atoms with Crippen molar-refractivity contribution in [2.24, 2.45) is 0 Å². The first-order valence-electron chi connectivity index (χ1n) is 7.69. The van der Waals surface area contributed by atoms with Gasteiger partial charge in [-0.1, -0.05) is 6.07 Å². The number of anilines is 1. The van der Waals surface area contributed by atoms with Crippen molar-refractivity contribution in [3.63, 3.8) is 0 Å². The van der Waals surface area contributed by atoms with Crippen LogP contribution < -0.4 is 5.32 Å². The molecule has 1 aliphatic rings. The molecule has 1 saturated heterocycles. The Bertz CT molecular complexity index is 598. The van der Waals surface area contributed by atoms with Gasteiger partial charge in [0.05, 0.1) is 6.04 Å². The minimum atomic E-state index is -0.173. The van der Waals surface area contributed by atoms with E-state index in [4.69, 9.17) is 0 Å². The van der Waals surface area contributed by atoms with E-state index < -0.39 is 0 Å². The normalized spacial score (nSPS) is 20.5. The van der Waals surface area contributed by atoms with Gasteiger partial charge in [0, 0.05) is 30.6 Å². The molecule has 3 heterocycles. The van der Waals surface area contributed by atoms with Crippen LogP contribution in [0.1, 0.15) is 31.4 Å². The number of aromatic amines is 1. The Kier molecular flexibility index (Phi) is 4.48. The average Bonchev–Trinajstić information content (AvgIpc) is 3.10. The molecular weight excluding hydrogens is 278 g/mol. The van der Waals surface area contributed by atoms with Gasteiger partial charge in [-0.25, -0.2) is 4.98 Å². The van der Waals surface area contributed by atoms with Crippen LogP contribution in [0.4, 0.5) is 5.82 Å². The number of carbonyl (C=O) groups is 1. The second-order valence-corrected chi connectivity index (χ2v) is 5.73. The number of hydrogen-bond donors (Lipinski definition) is 2. The molecule has 1 amide bonds. The highest BCUT2D eigenvalue weighted by atomic mass is 16.2. The molecule has 1 unspecified atom stereocenters. The predicted molar refractivity (Wildman–Crippen MR) is 84.5 cm³/mol. The molecule has 0 aliphatic carbocycles. The Morgan fingerprint density at radius 2 is 2.32 bits per heavy atom. The van der Waals surface area contributed by atoms with Gasteiger partial charge in [-0.15, -0.1) is 0 Å². The minimum Gasteiger partial charge on any atom is -0.309 e. The Labute approximate surface area is 129 Å². The zero-order valence-electron chi connectivity index (χ0n) is 12.7. The maximum atomic E-state index is 12.4. The third kappa shape index (κ3) is 3.33. The van der Waals surface area contributed by atoms with E-state index in [1.54, 1.807) is 18.5 Å². The predicted octanol–water partition coefficient (Wildman–Crippen LogP) is 2.01. The molecule has 0 aromatic carbocycles. The minimum absolute atomic E-state index is 0.0102. The quantitative estimate of drug-likeness (QED) is 0.905. The maximum absolute atomic E-state index is 12.4. The smallest absolute Gasteiger partial charge is 0.242 e. The highest BCUT2D eigenvalue weighted by Crippen LogP contribution is 2.26. The van der Waals surface area contributed by atoms with Gasteiger partial charge < -0.3 is 5.32 Å². The Morgan fingerprint density at radius 3 is 3.05 bits per heavy atom. The lowest BCUT2D eigenvalue weighted by molar-refractivity contribution is -0.121. The zero-order valence-corrected chi connectivity index (χ0v) is 12.7. The van der Waals surface area contributed by atoms with Crippen LogP contribution in [-0.4, -0.2) is 45.1 Å². The van der Waals surface area contributed by atoms with Crippen LogP contribution >= 0.6 is 0 Å². The monoisotopic (exact) mass is 299 g/mol. The van der Waals surface area contributed by atoms with Gasteiger partial charge in [-0.2, -0.15) is 5.10 Å². The van der Waals surface area contributed by atoms with Crippen molar-refractivity contribution < 1.29 is 4.79 Å². The number of piperidine rings is 1. The molecular formula is C16H21N5O. The molecule has 1 aliphatic heterocycles. The molecule has 2 aromatic heterocycles. The fourth-order valence-corrected chi connectivity index (χ4v) is 2.94. The summed E-state index contributed by atoms with van der Waals surface area (Å²) in [6.07, 6.45) is 5.68. The van der Waals surface area contributed by atoms with Crippen molar-refractivity contribution in [3.05, 3.63) is 42.4 Å². The second-order valence-electron chi connectivity index (χ2n) is 5.73. The lowest BCUT2D eigenvalue weighted by Crippen LogP contribution is -2.46. The molecule has 6 heteroatoms. The first-order chi connectivity index (χ1) is 10.7. The number of nitrogens with one attached hydrogen (secondary N) is 2. The lowest BCUT2D eigenvalue weighted by Gasteiger charge is -2.35. The van der Waals surface area contributed by atoms with Gasteiger partial charge in [0.2, 0.25) is 5.91 Å². The summed E-state index contributed by atoms with van der Waals surface area (Å²) < 4.78 is 0. The molecule has 2 aromatic rings. The van der Waals surface area contributed by atoms with Crippen LogP contribution in [0, 0.1) is 0 Å². The fraction of sp³-hybridized carbons (Fsp3) is 0.438. The van der Waals surface area contributed by atoms with Gasteiger partial charge in [0.1, 0.15) is 5.82 Å². The SMILES string of the molecule is C[C@@H](C(=O)Nc1ccccn1)N1CCCC(c2ccn[nH]2)C1. The van der Waals surface area contributed by atoms with Gasteiger partial charge in [-0.3, -0.25) is 14.8 Å². The van der Waals surface area contributed by atoms with E-state index >= 15 is 0 Å². The van der Waals surface area contributed by atoms with E-state index in [1.165, 1.54) is 0 Å². The lowest BCUT2D eigenvalue weighted by atomic mass is 9.94. The summed E-state index contributed by atoms with van der Waals surface area (Å²) >= 11 is 0. The highest BCUT2D eigenvalue weighted by molar-refractivity contribution is 5.93. The first kappa shape index (κ1) is 14.7. The molecule has 2 N–H and O–H groups in total. The van der Waals surface area contributed by atoms with Crippen molar-refractivity contribution in [3.8, 4) is 0 Å². The third-order valence-corrected chi connectivity index (χ3v) is 4.26.